The third-order valence-electron chi connectivity index (χ3n) is 5.83. The standard InChI is InChI=1S/C21H19ClF2N2O2S/c1-10(8-27)17-18-15-6-11(20-25-13-4-2-3-5-14(13)26(15)20)9-29-16(18)7-12(22)19(17)28-21(23)24/h2-5,7,10-11,15,21,27H,6,8-9H2,1H3/t10?,11-,15-/m1/s1. The Kier molecular flexibility index (Phi) is 4.72. The molecular weight excluding hydrogens is 418 g/mol. The molecule has 8 heteroatoms. The van der Waals surface area contributed by atoms with Crippen LogP contribution in [0.1, 0.15) is 48.2 Å². The van der Waals surface area contributed by atoms with Crippen molar-refractivity contribution < 1.29 is 18.6 Å². The summed E-state index contributed by atoms with van der Waals surface area (Å²) in [5.74, 6) is 1.71. The molecule has 0 aliphatic carbocycles. The van der Waals surface area contributed by atoms with Crippen molar-refractivity contribution in [1.29, 1.82) is 0 Å². The molecule has 1 aromatic heterocycles. The van der Waals surface area contributed by atoms with Gasteiger partial charge in [-0.1, -0.05) is 30.7 Å². The van der Waals surface area contributed by atoms with Crippen molar-refractivity contribution >= 4 is 34.4 Å². The lowest BCUT2D eigenvalue weighted by Crippen LogP contribution is -2.16. The molecule has 2 bridgehead atoms. The number of benzene rings is 2. The maximum atomic E-state index is 13.2. The zero-order chi connectivity index (χ0) is 20.3. The number of ether oxygens (including phenoxy) is 1. The number of hydrogen-bond acceptors (Lipinski definition) is 4. The third kappa shape index (κ3) is 2.94. The van der Waals surface area contributed by atoms with E-state index in [9.17, 15) is 13.9 Å². The highest BCUT2D eigenvalue weighted by Gasteiger charge is 2.41. The van der Waals surface area contributed by atoms with Gasteiger partial charge in [0.15, 0.2) is 0 Å². The van der Waals surface area contributed by atoms with Crippen molar-refractivity contribution in [3.8, 4) is 5.75 Å². The van der Waals surface area contributed by atoms with Crippen LogP contribution in [0.25, 0.3) is 11.0 Å². The molecule has 3 atom stereocenters. The number of hydrogen-bond donors (Lipinski definition) is 1. The van der Waals surface area contributed by atoms with Crippen molar-refractivity contribution in [1.82, 2.24) is 9.55 Å². The summed E-state index contributed by atoms with van der Waals surface area (Å²) in [5, 5.41) is 10.0. The summed E-state index contributed by atoms with van der Waals surface area (Å²) in [5.41, 5.74) is 3.45. The van der Waals surface area contributed by atoms with E-state index < -0.39 is 12.5 Å². The van der Waals surface area contributed by atoms with Gasteiger partial charge in [0.2, 0.25) is 0 Å². The normalized spacial score (nSPS) is 21.2. The predicted octanol–water partition coefficient (Wildman–Crippen LogP) is 5.57. The first-order valence-corrected chi connectivity index (χ1v) is 10.9. The van der Waals surface area contributed by atoms with Crippen molar-refractivity contribution in [2.75, 3.05) is 12.4 Å². The van der Waals surface area contributed by atoms with E-state index in [-0.39, 0.29) is 29.3 Å². The van der Waals surface area contributed by atoms with Crippen LogP contribution in [0.2, 0.25) is 5.02 Å². The van der Waals surface area contributed by atoms with E-state index in [0.29, 0.717) is 5.56 Å². The second kappa shape index (κ2) is 7.15. The Morgan fingerprint density at radius 3 is 2.93 bits per heavy atom. The number of alkyl halides is 2. The molecule has 152 valence electrons. The number of aliphatic hydroxyl groups excluding tert-OH is 1. The van der Waals surface area contributed by atoms with Gasteiger partial charge in [0, 0.05) is 34.7 Å². The van der Waals surface area contributed by atoms with Crippen molar-refractivity contribution in [3.05, 3.63) is 52.3 Å². The van der Waals surface area contributed by atoms with Crippen LogP contribution in [0.15, 0.2) is 35.2 Å². The largest absolute Gasteiger partial charge is 0.433 e. The molecule has 29 heavy (non-hydrogen) atoms. The van der Waals surface area contributed by atoms with Crippen LogP contribution in [-0.2, 0) is 0 Å². The van der Waals surface area contributed by atoms with Gasteiger partial charge >= 0.3 is 6.61 Å². The number of aliphatic hydroxyl groups is 1. The van der Waals surface area contributed by atoms with E-state index in [2.05, 4.69) is 4.57 Å². The molecule has 3 heterocycles. The predicted molar refractivity (Wildman–Crippen MR) is 110 cm³/mol. The van der Waals surface area contributed by atoms with Crippen molar-refractivity contribution in [3.63, 3.8) is 0 Å². The minimum Gasteiger partial charge on any atom is -0.433 e. The number of aromatic nitrogens is 2. The maximum Gasteiger partial charge on any atom is 0.387 e. The average Bonchev–Trinajstić information content (AvgIpc) is 3.17. The quantitative estimate of drug-likeness (QED) is 0.580. The summed E-state index contributed by atoms with van der Waals surface area (Å²) in [6.07, 6.45) is 0.841. The van der Waals surface area contributed by atoms with Gasteiger partial charge in [0.1, 0.15) is 11.6 Å². The molecule has 5 rings (SSSR count). The lowest BCUT2D eigenvalue weighted by Gasteiger charge is -2.27. The highest BCUT2D eigenvalue weighted by Crippen LogP contribution is 2.54. The number of halogens is 3. The Balaban J connectivity index is 1.80. The minimum absolute atomic E-state index is 0.0288. The monoisotopic (exact) mass is 436 g/mol. The highest BCUT2D eigenvalue weighted by atomic mass is 35.5. The first-order chi connectivity index (χ1) is 14.0. The second-order valence-corrected chi connectivity index (χ2v) is 9.03. The van der Waals surface area contributed by atoms with Crippen LogP contribution in [0.4, 0.5) is 8.78 Å². The lowest BCUT2D eigenvalue weighted by atomic mass is 9.89. The second-order valence-electron chi connectivity index (χ2n) is 7.56. The van der Waals surface area contributed by atoms with Gasteiger partial charge < -0.3 is 14.4 Å². The van der Waals surface area contributed by atoms with Crippen LogP contribution < -0.4 is 4.74 Å². The fourth-order valence-electron chi connectivity index (χ4n) is 4.63. The minimum atomic E-state index is -2.99. The molecule has 2 aliphatic rings. The van der Waals surface area contributed by atoms with E-state index >= 15 is 0 Å². The first-order valence-electron chi connectivity index (χ1n) is 9.51. The molecule has 2 aliphatic heterocycles. The molecule has 3 aromatic rings. The van der Waals surface area contributed by atoms with Gasteiger partial charge in [-0.3, -0.25) is 0 Å². The van der Waals surface area contributed by atoms with Crippen LogP contribution in [0, 0.1) is 0 Å². The molecule has 0 saturated heterocycles. The summed E-state index contributed by atoms with van der Waals surface area (Å²) in [6.45, 7) is -1.38. The fourth-order valence-corrected chi connectivity index (χ4v) is 6.22. The Hall–Kier alpha value is -1.83. The zero-order valence-corrected chi connectivity index (χ0v) is 17.2. The molecule has 0 amide bonds. The number of rotatable bonds is 4. The molecule has 2 aromatic carbocycles. The van der Waals surface area contributed by atoms with E-state index in [1.54, 1.807) is 24.8 Å². The Morgan fingerprint density at radius 1 is 1.38 bits per heavy atom. The smallest absolute Gasteiger partial charge is 0.387 e. The molecule has 0 saturated carbocycles. The molecular formula is C21H19ClF2N2O2S. The Morgan fingerprint density at radius 2 is 2.17 bits per heavy atom. The van der Waals surface area contributed by atoms with Crippen LogP contribution in [-0.4, -0.2) is 33.6 Å². The van der Waals surface area contributed by atoms with E-state index in [4.69, 9.17) is 21.3 Å². The van der Waals surface area contributed by atoms with Crippen molar-refractivity contribution in [2.24, 2.45) is 0 Å². The molecule has 1 N–H and O–H groups in total. The van der Waals surface area contributed by atoms with E-state index in [0.717, 1.165) is 39.5 Å². The van der Waals surface area contributed by atoms with Gasteiger partial charge in [0.05, 0.1) is 22.1 Å². The summed E-state index contributed by atoms with van der Waals surface area (Å²) >= 11 is 8.04. The number of nitrogens with zero attached hydrogens (tertiary/aromatic N) is 2. The number of para-hydroxylation sites is 2. The van der Waals surface area contributed by atoms with E-state index in [1.807, 2.05) is 24.3 Å². The van der Waals surface area contributed by atoms with Gasteiger partial charge in [-0.2, -0.15) is 8.78 Å². The number of fused-ring (bicyclic) bond motifs is 9. The SMILES string of the molecule is CC(CO)c1c(OC(F)F)c(Cl)cc2c1[C@H]1C[C@H](CS2)c2nc3ccccc3n21. The van der Waals surface area contributed by atoms with Gasteiger partial charge in [-0.25, -0.2) is 4.98 Å². The third-order valence-corrected chi connectivity index (χ3v) is 7.33. The average molecular weight is 437 g/mol. The summed E-state index contributed by atoms with van der Waals surface area (Å²) in [6, 6.07) is 9.64. The first kappa shape index (κ1) is 19.2. The van der Waals surface area contributed by atoms with E-state index in [1.165, 1.54) is 0 Å². The highest BCUT2D eigenvalue weighted by molar-refractivity contribution is 7.99. The molecule has 4 nitrogen and oxygen atoms in total. The summed E-state index contributed by atoms with van der Waals surface area (Å²) in [4.78, 5) is 5.82. The topological polar surface area (TPSA) is 47.3 Å². The lowest BCUT2D eigenvalue weighted by molar-refractivity contribution is -0.0507. The van der Waals surface area contributed by atoms with Crippen LogP contribution in [0.5, 0.6) is 5.75 Å². The van der Waals surface area contributed by atoms with Crippen LogP contribution in [0.3, 0.4) is 0 Å². The number of imidazole rings is 1. The van der Waals surface area contributed by atoms with Crippen LogP contribution >= 0.6 is 23.4 Å². The zero-order valence-electron chi connectivity index (χ0n) is 15.6. The van der Waals surface area contributed by atoms with Gasteiger partial charge in [0.25, 0.3) is 0 Å². The molecule has 0 spiro atoms. The maximum absolute atomic E-state index is 13.2. The Labute approximate surface area is 175 Å². The fraction of sp³-hybridized carbons (Fsp3) is 0.381. The van der Waals surface area contributed by atoms with Crippen molar-refractivity contribution in [2.45, 2.75) is 42.7 Å². The summed E-state index contributed by atoms with van der Waals surface area (Å²) < 4.78 is 33.5. The molecule has 0 fully saturated rings. The molecule has 0 radical (unpaired) electrons. The Bertz CT molecular complexity index is 1100. The summed E-state index contributed by atoms with van der Waals surface area (Å²) in [7, 11) is 0. The molecule has 1 unspecified atom stereocenters. The van der Waals surface area contributed by atoms with Gasteiger partial charge in [-0.05, 0) is 30.2 Å². The van der Waals surface area contributed by atoms with Gasteiger partial charge in [-0.15, -0.1) is 11.8 Å². The number of thioether (sulfide) groups is 1.